The van der Waals surface area contributed by atoms with Gasteiger partial charge in [0.25, 0.3) is 10.0 Å². The number of aromatic nitrogens is 5. The Morgan fingerprint density at radius 3 is 2.37 bits per heavy atom. The number of nitrogens with one attached hydrogen (secondary N) is 1. The Bertz CT molecular complexity index is 1520. The molecule has 0 amide bonds. The van der Waals surface area contributed by atoms with Crippen molar-refractivity contribution in [2.24, 2.45) is 7.05 Å². The second kappa shape index (κ2) is 10.5. The molecule has 5 rings (SSSR count). The molecule has 0 spiro atoms. The van der Waals surface area contributed by atoms with Crippen LogP contribution in [0.25, 0.3) is 11.3 Å². The summed E-state index contributed by atoms with van der Waals surface area (Å²) in [7, 11) is -0.166. The second-order valence-corrected chi connectivity index (χ2v) is 11.4. The van der Waals surface area contributed by atoms with Crippen LogP contribution >= 0.6 is 0 Å². The van der Waals surface area contributed by atoms with Crippen LogP contribution in [0.1, 0.15) is 35.6 Å². The van der Waals surface area contributed by atoms with Crippen LogP contribution in [0, 0.1) is 13.8 Å². The van der Waals surface area contributed by atoms with Crippen LogP contribution in [0.15, 0.2) is 59.9 Å². The molecule has 0 aliphatic carbocycles. The van der Waals surface area contributed by atoms with Crippen molar-refractivity contribution >= 4 is 16.0 Å². The van der Waals surface area contributed by atoms with Gasteiger partial charge in [0.05, 0.1) is 18.1 Å². The highest BCUT2D eigenvalue weighted by Gasteiger charge is 2.21. The number of benzene rings is 1. The number of aryl methyl sites for hydroxylation is 3. The molecule has 1 N–H and O–H groups in total. The quantitative estimate of drug-likeness (QED) is 0.374. The topological polar surface area (TPSA) is 115 Å². The monoisotopic (exact) mass is 533 g/mol. The average molecular weight is 534 g/mol. The fourth-order valence-electron chi connectivity index (χ4n) is 4.70. The SMILES string of the molecule is Cc1cccc(C)c1-c1cc(Oc2ccc(C3CCN(C)CC3)nc2)nc(NS(=O)(=O)c2cnn(C)c2)n1. The van der Waals surface area contributed by atoms with Crippen molar-refractivity contribution in [3.8, 4) is 22.9 Å². The number of hydrogen-bond acceptors (Lipinski definition) is 8. The van der Waals surface area contributed by atoms with E-state index >= 15 is 0 Å². The van der Waals surface area contributed by atoms with Crippen molar-refractivity contribution in [2.75, 3.05) is 24.9 Å². The van der Waals surface area contributed by atoms with Gasteiger partial charge in [-0.1, -0.05) is 18.2 Å². The third-order valence-electron chi connectivity index (χ3n) is 6.78. The summed E-state index contributed by atoms with van der Waals surface area (Å²) in [6.07, 6.45) is 6.53. The predicted octanol–water partition coefficient (Wildman–Crippen LogP) is 4.29. The van der Waals surface area contributed by atoms with E-state index < -0.39 is 10.0 Å². The summed E-state index contributed by atoms with van der Waals surface area (Å²) >= 11 is 0. The van der Waals surface area contributed by atoms with Gasteiger partial charge in [-0.2, -0.15) is 10.1 Å². The molecular weight excluding hydrogens is 502 g/mol. The first-order chi connectivity index (χ1) is 18.2. The summed E-state index contributed by atoms with van der Waals surface area (Å²) in [4.78, 5) is 15.9. The highest BCUT2D eigenvalue weighted by atomic mass is 32.2. The zero-order chi connectivity index (χ0) is 26.9. The summed E-state index contributed by atoms with van der Waals surface area (Å²) in [6, 6.07) is 11.5. The zero-order valence-electron chi connectivity index (χ0n) is 21.9. The van der Waals surface area contributed by atoms with Crippen molar-refractivity contribution in [3.05, 3.63) is 71.8 Å². The van der Waals surface area contributed by atoms with Crippen molar-refractivity contribution < 1.29 is 13.2 Å². The number of ether oxygens (including phenoxy) is 1. The van der Waals surface area contributed by atoms with Crippen LogP contribution in [0.5, 0.6) is 11.6 Å². The molecule has 1 aliphatic rings. The lowest BCUT2D eigenvalue weighted by atomic mass is 9.93. The average Bonchev–Trinajstić information content (AvgIpc) is 3.32. The standard InChI is InChI=1S/C27H31N7O3S/c1-18-6-5-7-19(2)26(18)24-14-25(31-27(30-24)32-38(35,36)22-16-29-34(4)17-22)37-21-8-9-23(28-15-21)20-10-12-33(3)13-11-20/h5-9,14-17,20H,10-13H2,1-4H3,(H,30,31,32). The maximum Gasteiger partial charge on any atom is 0.267 e. The lowest BCUT2D eigenvalue weighted by Gasteiger charge is -2.28. The van der Waals surface area contributed by atoms with E-state index in [1.54, 1.807) is 19.3 Å². The molecule has 4 heterocycles. The second-order valence-electron chi connectivity index (χ2n) is 9.74. The van der Waals surface area contributed by atoms with Crippen molar-refractivity contribution in [3.63, 3.8) is 0 Å². The van der Waals surface area contributed by atoms with E-state index in [-0.39, 0.29) is 16.7 Å². The molecule has 1 fully saturated rings. The number of pyridine rings is 1. The molecule has 38 heavy (non-hydrogen) atoms. The van der Waals surface area contributed by atoms with Crippen LogP contribution in [-0.2, 0) is 17.1 Å². The molecule has 3 aromatic heterocycles. The van der Waals surface area contributed by atoms with Crippen molar-refractivity contribution in [1.82, 2.24) is 29.6 Å². The van der Waals surface area contributed by atoms with Gasteiger partial charge in [-0.15, -0.1) is 0 Å². The van der Waals surface area contributed by atoms with E-state index in [1.165, 1.54) is 17.1 Å². The van der Waals surface area contributed by atoms with Crippen LogP contribution in [0.3, 0.4) is 0 Å². The highest BCUT2D eigenvalue weighted by molar-refractivity contribution is 7.92. The molecule has 0 bridgehead atoms. The van der Waals surface area contributed by atoms with Gasteiger partial charge in [0.1, 0.15) is 10.6 Å². The molecule has 1 aromatic carbocycles. The Kier molecular flexibility index (Phi) is 7.13. The Hall–Kier alpha value is -3.83. The van der Waals surface area contributed by atoms with Gasteiger partial charge >= 0.3 is 0 Å². The number of sulfonamides is 1. The summed E-state index contributed by atoms with van der Waals surface area (Å²) < 4.78 is 35.9. The first kappa shape index (κ1) is 25.8. The van der Waals surface area contributed by atoms with Crippen LogP contribution in [0.4, 0.5) is 5.95 Å². The van der Waals surface area contributed by atoms with Gasteiger partial charge in [-0.25, -0.2) is 18.1 Å². The van der Waals surface area contributed by atoms with Crippen molar-refractivity contribution in [2.45, 2.75) is 37.5 Å². The number of nitrogens with zero attached hydrogens (tertiary/aromatic N) is 6. The molecule has 4 aromatic rings. The van der Waals surface area contributed by atoms with E-state index in [0.717, 1.165) is 48.3 Å². The molecule has 0 saturated carbocycles. The summed E-state index contributed by atoms with van der Waals surface area (Å²) in [5.74, 6) is 1.05. The number of likely N-dealkylation sites (tertiary alicyclic amines) is 1. The van der Waals surface area contributed by atoms with Crippen LogP contribution in [-0.4, -0.2) is 58.2 Å². The minimum atomic E-state index is -3.95. The summed E-state index contributed by atoms with van der Waals surface area (Å²) in [5.41, 5.74) is 4.48. The lowest BCUT2D eigenvalue weighted by molar-refractivity contribution is 0.253. The fraction of sp³-hybridized carbons (Fsp3) is 0.333. The minimum absolute atomic E-state index is 0.0113. The van der Waals surface area contributed by atoms with Gasteiger partial charge in [0.15, 0.2) is 0 Å². The lowest BCUT2D eigenvalue weighted by Crippen LogP contribution is -2.29. The predicted molar refractivity (Wildman–Crippen MR) is 145 cm³/mol. The van der Waals surface area contributed by atoms with Gasteiger partial charge in [-0.05, 0) is 70.1 Å². The van der Waals surface area contributed by atoms with E-state index in [9.17, 15) is 8.42 Å². The molecule has 11 heteroatoms. The smallest absolute Gasteiger partial charge is 0.267 e. The molecule has 0 unspecified atom stereocenters. The van der Waals surface area contributed by atoms with E-state index in [4.69, 9.17) is 4.74 Å². The largest absolute Gasteiger partial charge is 0.437 e. The Morgan fingerprint density at radius 2 is 1.74 bits per heavy atom. The van der Waals surface area contributed by atoms with Crippen LogP contribution in [0.2, 0.25) is 0 Å². The zero-order valence-corrected chi connectivity index (χ0v) is 22.7. The van der Waals surface area contributed by atoms with Crippen molar-refractivity contribution in [1.29, 1.82) is 0 Å². The van der Waals surface area contributed by atoms with E-state index in [1.807, 2.05) is 44.2 Å². The Balaban J connectivity index is 1.47. The molecule has 1 aliphatic heterocycles. The third kappa shape index (κ3) is 5.68. The van der Waals surface area contributed by atoms with Crippen LogP contribution < -0.4 is 9.46 Å². The molecule has 0 atom stereocenters. The number of rotatable bonds is 7. The first-order valence-electron chi connectivity index (χ1n) is 12.5. The summed E-state index contributed by atoms with van der Waals surface area (Å²) in [6.45, 7) is 6.08. The first-order valence-corrected chi connectivity index (χ1v) is 14.0. The maximum absolute atomic E-state index is 13.0. The van der Waals surface area contributed by atoms with Gasteiger partial charge in [0.2, 0.25) is 11.8 Å². The van der Waals surface area contributed by atoms with Gasteiger partial charge in [-0.3, -0.25) is 9.67 Å². The molecule has 1 saturated heterocycles. The van der Waals surface area contributed by atoms with E-state index in [0.29, 0.717) is 17.4 Å². The Labute approximate surface area is 222 Å². The normalized spacial score (nSPS) is 14.9. The van der Waals surface area contributed by atoms with Gasteiger partial charge < -0.3 is 9.64 Å². The minimum Gasteiger partial charge on any atom is -0.437 e. The highest BCUT2D eigenvalue weighted by Crippen LogP contribution is 2.32. The third-order valence-corrected chi connectivity index (χ3v) is 8.06. The molecular formula is C27H31N7O3S. The number of anilines is 1. The maximum atomic E-state index is 13.0. The molecule has 198 valence electrons. The fourth-order valence-corrected chi connectivity index (χ4v) is 5.63. The molecule has 0 radical (unpaired) electrons. The number of hydrogen-bond donors (Lipinski definition) is 1. The number of piperidine rings is 1. The Morgan fingerprint density at radius 1 is 1.00 bits per heavy atom. The van der Waals surface area contributed by atoms with E-state index in [2.05, 4.69) is 36.7 Å². The van der Waals surface area contributed by atoms with Gasteiger partial charge in [0, 0.05) is 36.5 Å². The summed E-state index contributed by atoms with van der Waals surface area (Å²) in [5, 5.41) is 3.95. The molecule has 10 nitrogen and oxygen atoms in total.